The summed E-state index contributed by atoms with van der Waals surface area (Å²) in [5, 5.41) is 2.53. The largest absolute Gasteiger partial charge is 0.374 e. The Hall–Kier alpha value is -0.750. The molecule has 0 spiro atoms. The summed E-state index contributed by atoms with van der Waals surface area (Å²) < 4.78 is 28.0. The molecule has 16 heavy (non-hydrogen) atoms. The van der Waals surface area contributed by atoms with Crippen LogP contribution in [-0.4, -0.2) is 38.1 Å². The van der Waals surface area contributed by atoms with Crippen LogP contribution in [0, 0.1) is 5.41 Å². The van der Waals surface area contributed by atoms with E-state index in [0.29, 0.717) is 0 Å². The van der Waals surface area contributed by atoms with E-state index >= 15 is 0 Å². The quantitative estimate of drug-likeness (QED) is 0.671. The molecule has 0 aliphatic carbocycles. The van der Waals surface area contributed by atoms with Crippen molar-refractivity contribution in [2.45, 2.75) is 33.2 Å². The summed E-state index contributed by atoms with van der Waals surface area (Å²) in [7, 11) is 0. The highest BCUT2D eigenvalue weighted by Gasteiger charge is 2.26. The fourth-order valence-corrected chi connectivity index (χ4v) is 0.922. The van der Waals surface area contributed by atoms with E-state index < -0.39 is 19.1 Å². The SMILES string of the molecule is CC(C)(C)C(N)C(=O)NCCOCC(F)F. The molecule has 0 aromatic heterocycles. The first-order chi connectivity index (χ1) is 7.25. The highest BCUT2D eigenvalue weighted by atomic mass is 19.3. The Labute approximate surface area is 94.5 Å². The molecule has 0 saturated carbocycles. The highest BCUT2D eigenvalue weighted by molar-refractivity contribution is 5.82. The smallest absolute Gasteiger partial charge is 0.261 e. The van der Waals surface area contributed by atoms with Gasteiger partial charge in [-0.1, -0.05) is 20.8 Å². The Morgan fingerprint density at radius 1 is 1.44 bits per heavy atom. The molecule has 0 aromatic rings. The third-order valence-electron chi connectivity index (χ3n) is 2.00. The topological polar surface area (TPSA) is 64.4 Å². The lowest BCUT2D eigenvalue weighted by Crippen LogP contribution is -2.49. The molecular formula is C10H20F2N2O2. The number of rotatable bonds is 6. The van der Waals surface area contributed by atoms with Gasteiger partial charge in [0.15, 0.2) is 0 Å². The van der Waals surface area contributed by atoms with E-state index in [0.717, 1.165) is 0 Å². The molecule has 0 saturated heterocycles. The number of halogens is 2. The lowest BCUT2D eigenvalue weighted by Gasteiger charge is -2.25. The molecule has 0 aromatic carbocycles. The molecule has 1 unspecified atom stereocenters. The van der Waals surface area contributed by atoms with Crippen molar-refractivity contribution in [3.8, 4) is 0 Å². The summed E-state index contributed by atoms with van der Waals surface area (Å²) in [5.74, 6) is -0.298. The number of carbonyl (C=O) groups excluding carboxylic acids is 1. The molecule has 96 valence electrons. The number of hydrogen-bond acceptors (Lipinski definition) is 3. The van der Waals surface area contributed by atoms with Crippen molar-refractivity contribution < 1.29 is 18.3 Å². The van der Waals surface area contributed by atoms with Gasteiger partial charge in [-0.2, -0.15) is 0 Å². The van der Waals surface area contributed by atoms with Gasteiger partial charge in [-0.25, -0.2) is 8.78 Å². The standard InChI is InChI=1S/C10H20F2N2O2/c1-10(2,3)8(13)9(15)14-4-5-16-6-7(11)12/h7-8H,4-6,13H2,1-3H3,(H,14,15). The first kappa shape index (κ1) is 15.2. The Balaban J connectivity index is 3.66. The zero-order valence-electron chi connectivity index (χ0n) is 9.93. The van der Waals surface area contributed by atoms with E-state index in [1.54, 1.807) is 0 Å². The van der Waals surface area contributed by atoms with Gasteiger partial charge < -0.3 is 15.8 Å². The number of nitrogens with two attached hydrogens (primary N) is 1. The summed E-state index contributed by atoms with van der Waals surface area (Å²) in [6, 6.07) is -0.623. The Morgan fingerprint density at radius 3 is 2.44 bits per heavy atom. The van der Waals surface area contributed by atoms with E-state index in [4.69, 9.17) is 5.73 Å². The summed E-state index contributed by atoms with van der Waals surface area (Å²) >= 11 is 0. The van der Waals surface area contributed by atoms with Gasteiger partial charge in [0.1, 0.15) is 6.61 Å². The second-order valence-electron chi connectivity index (χ2n) is 4.60. The minimum absolute atomic E-state index is 0.0624. The first-order valence-corrected chi connectivity index (χ1v) is 5.14. The minimum Gasteiger partial charge on any atom is -0.374 e. The van der Waals surface area contributed by atoms with Crippen molar-refractivity contribution in [3.05, 3.63) is 0 Å². The van der Waals surface area contributed by atoms with Gasteiger partial charge in [0.05, 0.1) is 12.6 Å². The first-order valence-electron chi connectivity index (χ1n) is 5.14. The molecule has 1 amide bonds. The number of alkyl halides is 2. The van der Waals surface area contributed by atoms with Crippen molar-refractivity contribution >= 4 is 5.91 Å². The molecule has 3 N–H and O–H groups in total. The maximum absolute atomic E-state index is 11.7. The van der Waals surface area contributed by atoms with Crippen LogP contribution in [0.2, 0.25) is 0 Å². The van der Waals surface area contributed by atoms with Crippen LogP contribution in [0.3, 0.4) is 0 Å². The average molecular weight is 238 g/mol. The van der Waals surface area contributed by atoms with E-state index in [2.05, 4.69) is 10.1 Å². The number of nitrogens with one attached hydrogen (secondary N) is 1. The zero-order chi connectivity index (χ0) is 12.8. The van der Waals surface area contributed by atoms with Crippen molar-refractivity contribution in [1.29, 1.82) is 0 Å². The lowest BCUT2D eigenvalue weighted by molar-refractivity contribution is -0.124. The second-order valence-corrected chi connectivity index (χ2v) is 4.60. The lowest BCUT2D eigenvalue weighted by atomic mass is 9.87. The fraction of sp³-hybridized carbons (Fsp3) is 0.900. The normalized spacial score (nSPS) is 13.9. The monoisotopic (exact) mass is 238 g/mol. The molecule has 6 heteroatoms. The molecule has 0 bridgehead atoms. The predicted octanol–water partition coefficient (Wildman–Crippen LogP) is 0.758. The molecule has 1 atom stereocenters. The third-order valence-corrected chi connectivity index (χ3v) is 2.00. The van der Waals surface area contributed by atoms with Crippen LogP contribution < -0.4 is 11.1 Å². The predicted molar refractivity (Wildman–Crippen MR) is 57.3 cm³/mol. The van der Waals surface area contributed by atoms with Gasteiger partial charge in [0, 0.05) is 6.54 Å². The highest BCUT2D eigenvalue weighted by Crippen LogP contribution is 2.16. The van der Waals surface area contributed by atoms with Crippen LogP contribution in [0.4, 0.5) is 8.78 Å². The Morgan fingerprint density at radius 2 is 2.00 bits per heavy atom. The van der Waals surface area contributed by atoms with Crippen LogP contribution >= 0.6 is 0 Å². The summed E-state index contributed by atoms with van der Waals surface area (Å²) in [5.41, 5.74) is 5.36. The van der Waals surface area contributed by atoms with Gasteiger partial charge >= 0.3 is 0 Å². The molecule has 0 aliphatic heterocycles. The third kappa shape index (κ3) is 6.68. The maximum atomic E-state index is 11.7. The van der Waals surface area contributed by atoms with Crippen LogP contribution in [0.1, 0.15) is 20.8 Å². The molecule has 4 nitrogen and oxygen atoms in total. The van der Waals surface area contributed by atoms with E-state index in [1.807, 2.05) is 20.8 Å². The van der Waals surface area contributed by atoms with E-state index in [1.165, 1.54) is 0 Å². The molecule has 0 fully saturated rings. The number of amides is 1. The van der Waals surface area contributed by atoms with Crippen LogP contribution in [0.25, 0.3) is 0 Å². The molecule has 0 rings (SSSR count). The van der Waals surface area contributed by atoms with Gasteiger partial charge in [-0.3, -0.25) is 4.79 Å². The number of carbonyl (C=O) groups is 1. The summed E-state index contributed by atoms with van der Waals surface area (Å²) in [4.78, 5) is 11.4. The Kier molecular flexibility index (Phi) is 6.43. The summed E-state index contributed by atoms with van der Waals surface area (Å²) in [6.07, 6.45) is -2.48. The number of hydrogen-bond donors (Lipinski definition) is 2. The van der Waals surface area contributed by atoms with Crippen molar-refractivity contribution in [2.24, 2.45) is 11.1 Å². The number of ether oxygens (including phenoxy) is 1. The van der Waals surface area contributed by atoms with Gasteiger partial charge in [0.2, 0.25) is 5.91 Å². The Bertz CT molecular complexity index is 217. The van der Waals surface area contributed by atoms with Crippen LogP contribution in [0.5, 0.6) is 0 Å². The fourth-order valence-electron chi connectivity index (χ4n) is 0.922. The van der Waals surface area contributed by atoms with E-state index in [9.17, 15) is 13.6 Å². The molecular weight excluding hydrogens is 218 g/mol. The molecule has 0 aliphatic rings. The second kappa shape index (κ2) is 6.75. The van der Waals surface area contributed by atoms with Crippen molar-refractivity contribution in [1.82, 2.24) is 5.32 Å². The van der Waals surface area contributed by atoms with Gasteiger partial charge in [0.25, 0.3) is 6.43 Å². The van der Waals surface area contributed by atoms with Gasteiger partial charge in [-0.15, -0.1) is 0 Å². The van der Waals surface area contributed by atoms with Crippen molar-refractivity contribution in [2.75, 3.05) is 19.8 Å². The molecule has 0 radical (unpaired) electrons. The molecule has 0 heterocycles. The maximum Gasteiger partial charge on any atom is 0.261 e. The minimum atomic E-state index is -2.48. The van der Waals surface area contributed by atoms with Gasteiger partial charge in [-0.05, 0) is 5.41 Å². The summed E-state index contributed by atoms with van der Waals surface area (Å²) in [6.45, 7) is 5.20. The van der Waals surface area contributed by atoms with Crippen LogP contribution in [0.15, 0.2) is 0 Å². The van der Waals surface area contributed by atoms with Crippen molar-refractivity contribution in [3.63, 3.8) is 0 Å². The van der Waals surface area contributed by atoms with E-state index in [-0.39, 0.29) is 24.5 Å². The zero-order valence-corrected chi connectivity index (χ0v) is 9.93. The van der Waals surface area contributed by atoms with Crippen LogP contribution in [-0.2, 0) is 9.53 Å². The average Bonchev–Trinajstić information content (AvgIpc) is 2.13.